The minimum Gasteiger partial charge on any atom is -0.480 e. The van der Waals surface area contributed by atoms with Crippen LogP contribution in [0.3, 0.4) is 0 Å². The van der Waals surface area contributed by atoms with Crippen molar-refractivity contribution in [2.24, 2.45) is 5.92 Å². The summed E-state index contributed by atoms with van der Waals surface area (Å²) >= 11 is 0. The van der Waals surface area contributed by atoms with E-state index in [-0.39, 0.29) is 37.1 Å². The molecule has 6 nitrogen and oxygen atoms in total. The second kappa shape index (κ2) is 12.8. The Bertz CT molecular complexity index is 1290. The van der Waals surface area contributed by atoms with Gasteiger partial charge in [-0.1, -0.05) is 60.7 Å². The number of alkyl halides is 6. The zero-order chi connectivity index (χ0) is 30.5. The number of hydrogen-bond acceptors (Lipinski definition) is 3. The second-order valence-electron chi connectivity index (χ2n) is 10.0. The molecule has 1 fully saturated rings. The molecule has 1 heterocycles. The molecule has 3 aromatic rings. The van der Waals surface area contributed by atoms with E-state index in [1.165, 1.54) is 4.90 Å². The average molecular weight is 595 g/mol. The van der Waals surface area contributed by atoms with Crippen LogP contribution in [0.15, 0.2) is 78.9 Å². The maximum atomic E-state index is 13.4. The van der Waals surface area contributed by atoms with E-state index in [0.29, 0.717) is 12.1 Å². The fourth-order valence-corrected chi connectivity index (χ4v) is 5.25. The SMILES string of the molecule is O=C(O)CNC(=O)N1CCC(OCc2cc(C(F)(F)F)cc(C(F)(F)F)c2)C(C(c2ccccc2)c2ccccc2)C1. The molecule has 4 rings (SSSR count). The van der Waals surface area contributed by atoms with Crippen LogP contribution >= 0.6 is 0 Å². The number of carbonyl (C=O) groups excluding carboxylic acids is 1. The van der Waals surface area contributed by atoms with Gasteiger partial charge in [-0.3, -0.25) is 4.79 Å². The highest BCUT2D eigenvalue weighted by atomic mass is 19.4. The van der Waals surface area contributed by atoms with Crippen molar-refractivity contribution in [3.63, 3.8) is 0 Å². The molecule has 2 N–H and O–H groups in total. The largest absolute Gasteiger partial charge is 0.480 e. The summed E-state index contributed by atoms with van der Waals surface area (Å²) in [6, 6.07) is 19.3. The van der Waals surface area contributed by atoms with Gasteiger partial charge in [0, 0.05) is 24.9 Å². The topological polar surface area (TPSA) is 78.9 Å². The standard InChI is InChI=1S/C30H28F6N2O4/c31-29(32,33)22-13-19(14-23(15-22)30(34,35)36)18-42-25-11-12-38(28(41)37-16-26(39)40)17-24(25)27(20-7-3-1-4-8-20)21-9-5-2-6-10-21/h1-10,13-15,24-25,27H,11-12,16-18H2,(H,37,41)(H,39,40). The van der Waals surface area contributed by atoms with Crippen molar-refractivity contribution in [1.29, 1.82) is 0 Å². The van der Waals surface area contributed by atoms with E-state index in [9.17, 15) is 35.9 Å². The first-order valence-corrected chi connectivity index (χ1v) is 13.1. The molecule has 3 aromatic carbocycles. The van der Waals surface area contributed by atoms with E-state index in [2.05, 4.69) is 5.32 Å². The monoisotopic (exact) mass is 594 g/mol. The summed E-state index contributed by atoms with van der Waals surface area (Å²) < 4.78 is 86.6. The molecule has 1 aliphatic heterocycles. The molecule has 0 aliphatic carbocycles. The van der Waals surface area contributed by atoms with E-state index >= 15 is 0 Å². The molecule has 42 heavy (non-hydrogen) atoms. The third kappa shape index (κ3) is 7.81. The molecule has 2 unspecified atom stereocenters. The van der Waals surface area contributed by atoms with E-state index in [0.717, 1.165) is 11.1 Å². The van der Waals surface area contributed by atoms with Crippen LogP contribution in [0.2, 0.25) is 0 Å². The van der Waals surface area contributed by atoms with Gasteiger partial charge in [0.2, 0.25) is 0 Å². The lowest BCUT2D eigenvalue weighted by molar-refractivity contribution is -0.143. The number of urea groups is 1. The highest BCUT2D eigenvalue weighted by Crippen LogP contribution is 2.40. The number of aliphatic carboxylic acids is 1. The predicted molar refractivity (Wildman–Crippen MR) is 140 cm³/mol. The molecular formula is C30H28F6N2O4. The van der Waals surface area contributed by atoms with Gasteiger partial charge in [0.1, 0.15) is 6.54 Å². The van der Waals surface area contributed by atoms with Crippen LogP contribution < -0.4 is 5.32 Å². The minimum absolute atomic E-state index is 0.0708. The van der Waals surface area contributed by atoms with Crippen LogP contribution in [0.25, 0.3) is 0 Å². The molecule has 2 atom stereocenters. The lowest BCUT2D eigenvalue weighted by Gasteiger charge is -2.42. The quantitative estimate of drug-likeness (QED) is 0.290. The number of halogens is 6. The molecule has 12 heteroatoms. The number of likely N-dealkylation sites (tertiary alicyclic amines) is 1. The van der Waals surface area contributed by atoms with Crippen molar-refractivity contribution >= 4 is 12.0 Å². The summed E-state index contributed by atoms with van der Waals surface area (Å²) in [6.45, 7) is -0.867. The third-order valence-electron chi connectivity index (χ3n) is 7.13. The zero-order valence-electron chi connectivity index (χ0n) is 22.2. The van der Waals surface area contributed by atoms with Crippen molar-refractivity contribution in [2.75, 3.05) is 19.6 Å². The van der Waals surface area contributed by atoms with Gasteiger partial charge in [-0.15, -0.1) is 0 Å². The Kier molecular flexibility index (Phi) is 9.45. The summed E-state index contributed by atoms with van der Waals surface area (Å²) in [4.78, 5) is 25.2. The fraction of sp³-hybridized carbons (Fsp3) is 0.333. The van der Waals surface area contributed by atoms with Crippen LogP contribution in [-0.2, 0) is 28.5 Å². The molecule has 1 saturated heterocycles. The number of piperidine rings is 1. The summed E-state index contributed by atoms with van der Waals surface area (Å²) in [7, 11) is 0. The number of nitrogens with one attached hydrogen (secondary N) is 1. The Labute approximate surface area is 237 Å². The Morgan fingerprint density at radius 3 is 1.88 bits per heavy atom. The van der Waals surface area contributed by atoms with Crippen LogP contribution in [0, 0.1) is 5.92 Å². The number of carboxylic acid groups (broad SMARTS) is 1. The Morgan fingerprint density at radius 1 is 0.881 bits per heavy atom. The van der Waals surface area contributed by atoms with Gasteiger partial charge in [0.05, 0.1) is 23.8 Å². The zero-order valence-corrected chi connectivity index (χ0v) is 22.2. The molecule has 0 radical (unpaired) electrons. The molecule has 0 aromatic heterocycles. The third-order valence-corrected chi connectivity index (χ3v) is 7.13. The number of rotatable bonds is 8. The average Bonchev–Trinajstić information content (AvgIpc) is 2.95. The number of nitrogens with zero attached hydrogens (tertiary/aromatic N) is 1. The summed E-state index contributed by atoms with van der Waals surface area (Å²) in [6.07, 6.45) is -10.4. The van der Waals surface area contributed by atoms with Gasteiger partial charge in [-0.05, 0) is 41.3 Å². The van der Waals surface area contributed by atoms with Gasteiger partial charge >= 0.3 is 24.4 Å². The second-order valence-corrected chi connectivity index (χ2v) is 10.0. The van der Waals surface area contributed by atoms with E-state index < -0.39 is 60.7 Å². The molecule has 2 amide bonds. The van der Waals surface area contributed by atoms with Crippen molar-refractivity contribution in [2.45, 2.75) is 37.4 Å². The van der Waals surface area contributed by atoms with Crippen LogP contribution in [0.4, 0.5) is 31.1 Å². The Morgan fingerprint density at radius 2 is 1.40 bits per heavy atom. The van der Waals surface area contributed by atoms with Crippen molar-refractivity contribution in [3.8, 4) is 0 Å². The number of benzene rings is 3. The maximum absolute atomic E-state index is 13.4. The number of amides is 2. The lowest BCUT2D eigenvalue weighted by atomic mass is 9.75. The van der Waals surface area contributed by atoms with E-state index in [1.807, 2.05) is 60.7 Å². The van der Waals surface area contributed by atoms with Crippen LogP contribution in [0.1, 0.15) is 40.2 Å². The Hall–Kier alpha value is -4.06. The molecule has 0 saturated carbocycles. The number of carboxylic acids is 1. The normalized spacial score (nSPS) is 17.7. The first-order valence-electron chi connectivity index (χ1n) is 13.1. The molecule has 0 bridgehead atoms. The fourth-order valence-electron chi connectivity index (χ4n) is 5.25. The van der Waals surface area contributed by atoms with E-state index in [1.54, 1.807) is 0 Å². The van der Waals surface area contributed by atoms with Gasteiger partial charge in [0.15, 0.2) is 0 Å². The highest BCUT2D eigenvalue weighted by molar-refractivity contribution is 5.80. The first kappa shape index (κ1) is 30.9. The van der Waals surface area contributed by atoms with Gasteiger partial charge in [-0.25, -0.2) is 4.79 Å². The molecular weight excluding hydrogens is 566 g/mol. The van der Waals surface area contributed by atoms with Crippen LogP contribution in [0.5, 0.6) is 0 Å². The smallest absolute Gasteiger partial charge is 0.416 e. The highest BCUT2D eigenvalue weighted by Gasteiger charge is 2.40. The summed E-state index contributed by atoms with van der Waals surface area (Å²) in [5.74, 6) is -2.06. The lowest BCUT2D eigenvalue weighted by Crippen LogP contribution is -2.52. The number of ether oxygens (including phenoxy) is 1. The maximum Gasteiger partial charge on any atom is 0.416 e. The molecule has 224 valence electrons. The number of carbonyl (C=O) groups is 2. The summed E-state index contributed by atoms with van der Waals surface area (Å²) in [5.41, 5.74) is -1.40. The van der Waals surface area contributed by atoms with Crippen LogP contribution in [-0.4, -0.2) is 47.7 Å². The van der Waals surface area contributed by atoms with Gasteiger partial charge < -0.3 is 20.1 Å². The molecule has 1 aliphatic rings. The molecule has 0 spiro atoms. The summed E-state index contributed by atoms with van der Waals surface area (Å²) in [5, 5.41) is 11.3. The van der Waals surface area contributed by atoms with Gasteiger partial charge in [0.25, 0.3) is 0 Å². The first-order chi connectivity index (χ1) is 19.8. The van der Waals surface area contributed by atoms with E-state index in [4.69, 9.17) is 9.84 Å². The van der Waals surface area contributed by atoms with Gasteiger partial charge in [-0.2, -0.15) is 26.3 Å². The number of hydrogen-bond donors (Lipinski definition) is 2. The van der Waals surface area contributed by atoms with Crippen molar-refractivity contribution in [1.82, 2.24) is 10.2 Å². The Balaban J connectivity index is 1.68. The van der Waals surface area contributed by atoms with Crippen molar-refractivity contribution in [3.05, 3.63) is 107 Å². The van der Waals surface area contributed by atoms with Crippen molar-refractivity contribution < 1.29 is 45.8 Å². The predicted octanol–water partition coefficient (Wildman–Crippen LogP) is 6.56. The minimum atomic E-state index is -4.99.